The fraction of sp³-hybridized carbons (Fsp3) is 0.611. The molecule has 24 heavy (non-hydrogen) atoms. The second-order valence-corrected chi connectivity index (χ2v) is 5.24. The van der Waals surface area contributed by atoms with E-state index in [0.29, 0.717) is 12.4 Å². The van der Waals surface area contributed by atoms with E-state index in [2.05, 4.69) is 22.5 Å². The number of nitrogens with zero attached hydrogens (tertiary/aromatic N) is 1. The highest BCUT2D eigenvalue weighted by atomic mass is 16.5. The molecule has 0 fully saturated rings. The summed E-state index contributed by atoms with van der Waals surface area (Å²) >= 11 is 0. The number of methoxy groups -OCH3 is 2. The summed E-state index contributed by atoms with van der Waals surface area (Å²) in [5, 5.41) is 6.56. The minimum absolute atomic E-state index is 0.607. The maximum atomic E-state index is 5.54. The van der Waals surface area contributed by atoms with Crippen LogP contribution >= 0.6 is 0 Å². The Morgan fingerprint density at radius 1 is 1.08 bits per heavy atom. The summed E-state index contributed by atoms with van der Waals surface area (Å²) in [5.41, 5.74) is 0.911. The second-order valence-electron chi connectivity index (χ2n) is 5.24. The van der Waals surface area contributed by atoms with Gasteiger partial charge in [-0.15, -0.1) is 0 Å². The smallest absolute Gasteiger partial charge is 0.195 e. The predicted molar refractivity (Wildman–Crippen MR) is 99.5 cm³/mol. The summed E-state index contributed by atoms with van der Waals surface area (Å²) in [5.74, 6) is 2.22. The molecule has 2 N–H and O–H groups in total. The molecule has 0 saturated carbocycles. The van der Waals surface area contributed by atoms with Crippen molar-refractivity contribution in [3.63, 3.8) is 0 Å². The summed E-state index contributed by atoms with van der Waals surface area (Å²) in [6.07, 6.45) is 3.24. The van der Waals surface area contributed by atoms with Crippen LogP contribution < -0.4 is 20.1 Å². The molecule has 0 atom stereocenters. The van der Waals surface area contributed by atoms with Gasteiger partial charge in [0.05, 0.1) is 13.7 Å². The van der Waals surface area contributed by atoms with Crippen molar-refractivity contribution in [3.05, 3.63) is 18.2 Å². The highest BCUT2D eigenvalue weighted by molar-refractivity contribution is 5.93. The van der Waals surface area contributed by atoms with Gasteiger partial charge in [-0.05, 0) is 45.2 Å². The van der Waals surface area contributed by atoms with E-state index in [9.17, 15) is 0 Å². The van der Waals surface area contributed by atoms with Crippen molar-refractivity contribution in [1.82, 2.24) is 5.32 Å². The lowest BCUT2D eigenvalue weighted by Gasteiger charge is -2.14. The monoisotopic (exact) mass is 337 g/mol. The van der Waals surface area contributed by atoms with Gasteiger partial charge in [-0.25, -0.2) is 0 Å². The van der Waals surface area contributed by atoms with Gasteiger partial charge in [-0.2, -0.15) is 0 Å². The van der Waals surface area contributed by atoms with Crippen molar-refractivity contribution in [2.75, 3.05) is 45.8 Å². The maximum Gasteiger partial charge on any atom is 0.195 e. The first-order valence-electron chi connectivity index (χ1n) is 8.60. The molecule has 0 aromatic heterocycles. The first-order chi connectivity index (χ1) is 11.7. The number of ether oxygens (including phenoxy) is 3. The van der Waals surface area contributed by atoms with Crippen molar-refractivity contribution in [2.45, 2.75) is 33.1 Å². The van der Waals surface area contributed by atoms with Gasteiger partial charge in [0.1, 0.15) is 0 Å². The van der Waals surface area contributed by atoms with E-state index >= 15 is 0 Å². The number of hydrogen-bond acceptors (Lipinski definition) is 4. The van der Waals surface area contributed by atoms with Crippen molar-refractivity contribution < 1.29 is 14.2 Å². The molecule has 0 radical (unpaired) electrons. The lowest BCUT2D eigenvalue weighted by Crippen LogP contribution is -2.30. The lowest BCUT2D eigenvalue weighted by atomic mass is 10.2. The van der Waals surface area contributed by atoms with Gasteiger partial charge in [-0.1, -0.05) is 0 Å². The van der Waals surface area contributed by atoms with Crippen molar-refractivity contribution in [1.29, 1.82) is 0 Å². The molecule has 0 aliphatic carbocycles. The average Bonchev–Trinajstić information content (AvgIpc) is 2.59. The number of rotatable bonds is 11. The van der Waals surface area contributed by atoms with Gasteiger partial charge >= 0.3 is 0 Å². The van der Waals surface area contributed by atoms with Crippen LogP contribution in [-0.2, 0) is 4.74 Å². The van der Waals surface area contributed by atoms with Gasteiger partial charge in [0.2, 0.25) is 0 Å². The molecule has 0 amide bonds. The molecule has 6 nitrogen and oxygen atoms in total. The molecule has 0 unspecified atom stereocenters. The van der Waals surface area contributed by atoms with E-state index < -0.39 is 0 Å². The van der Waals surface area contributed by atoms with Gasteiger partial charge in [0.15, 0.2) is 17.5 Å². The highest BCUT2D eigenvalue weighted by Crippen LogP contribution is 2.30. The zero-order chi connectivity index (χ0) is 17.6. The predicted octanol–water partition coefficient (Wildman–Crippen LogP) is 3.29. The van der Waals surface area contributed by atoms with Crippen LogP contribution in [0.2, 0.25) is 0 Å². The van der Waals surface area contributed by atoms with E-state index in [4.69, 9.17) is 14.2 Å². The van der Waals surface area contributed by atoms with Crippen LogP contribution in [0.5, 0.6) is 11.5 Å². The Hall–Kier alpha value is -1.95. The average molecular weight is 337 g/mol. The Kier molecular flexibility index (Phi) is 10.4. The van der Waals surface area contributed by atoms with Gasteiger partial charge < -0.3 is 24.8 Å². The number of unbranched alkanes of at least 4 members (excludes halogenated alkanes) is 2. The van der Waals surface area contributed by atoms with Gasteiger partial charge in [-0.3, -0.25) is 4.99 Å². The molecule has 1 rings (SSSR count). The number of aliphatic imine (C=N–C) groups is 1. The molecule has 0 heterocycles. The quantitative estimate of drug-likeness (QED) is 0.368. The van der Waals surface area contributed by atoms with Crippen LogP contribution in [0.1, 0.15) is 33.1 Å². The molecular weight excluding hydrogens is 306 g/mol. The van der Waals surface area contributed by atoms with Crippen LogP contribution in [0.15, 0.2) is 23.2 Å². The number of guanidine groups is 1. The summed E-state index contributed by atoms with van der Waals surface area (Å²) < 4.78 is 16.0. The van der Waals surface area contributed by atoms with Gasteiger partial charge in [0, 0.05) is 38.6 Å². The minimum Gasteiger partial charge on any atom is -0.493 e. The van der Waals surface area contributed by atoms with Crippen LogP contribution in [0.25, 0.3) is 0 Å². The van der Waals surface area contributed by atoms with E-state index in [0.717, 1.165) is 56.4 Å². The first-order valence-corrected chi connectivity index (χ1v) is 8.60. The summed E-state index contributed by atoms with van der Waals surface area (Å²) in [7, 11) is 3.37. The maximum absolute atomic E-state index is 5.54. The van der Waals surface area contributed by atoms with E-state index in [1.54, 1.807) is 14.2 Å². The Morgan fingerprint density at radius 2 is 1.92 bits per heavy atom. The number of anilines is 1. The molecular formula is C18H31N3O3. The Labute approximate surface area is 145 Å². The van der Waals surface area contributed by atoms with Gasteiger partial charge in [0.25, 0.3) is 0 Å². The van der Waals surface area contributed by atoms with E-state index in [-0.39, 0.29) is 0 Å². The third-order valence-electron chi connectivity index (χ3n) is 3.35. The molecule has 1 aromatic rings. The third-order valence-corrected chi connectivity index (χ3v) is 3.35. The normalized spacial score (nSPS) is 11.2. The molecule has 0 spiro atoms. The zero-order valence-electron chi connectivity index (χ0n) is 15.4. The summed E-state index contributed by atoms with van der Waals surface area (Å²) in [6, 6.07) is 5.77. The topological polar surface area (TPSA) is 64.1 Å². The zero-order valence-corrected chi connectivity index (χ0v) is 15.4. The molecule has 0 aliphatic rings. The van der Waals surface area contributed by atoms with Crippen LogP contribution in [0, 0.1) is 0 Å². The molecule has 136 valence electrons. The fourth-order valence-corrected chi connectivity index (χ4v) is 2.19. The standard InChI is InChI=1S/C18H31N3O3/c1-5-19-18(20-12-8-7-9-13-22-3)21-15-10-11-16(24-6-2)17(14-15)23-4/h10-11,14H,5-9,12-13H2,1-4H3,(H2,19,20,21). The molecule has 0 aliphatic heterocycles. The van der Waals surface area contributed by atoms with Crippen molar-refractivity contribution in [3.8, 4) is 11.5 Å². The largest absolute Gasteiger partial charge is 0.493 e. The SMILES string of the molecule is CCNC(=NCCCCCOC)Nc1ccc(OCC)c(OC)c1. The van der Waals surface area contributed by atoms with Crippen LogP contribution in [0.3, 0.4) is 0 Å². The number of benzene rings is 1. The molecule has 0 saturated heterocycles. The van der Waals surface area contributed by atoms with E-state index in [1.807, 2.05) is 25.1 Å². The number of nitrogens with one attached hydrogen (secondary N) is 2. The Morgan fingerprint density at radius 3 is 2.58 bits per heavy atom. The summed E-state index contributed by atoms with van der Waals surface area (Å²) in [4.78, 5) is 4.60. The Balaban J connectivity index is 2.63. The molecule has 1 aromatic carbocycles. The third kappa shape index (κ3) is 7.55. The number of hydrogen-bond donors (Lipinski definition) is 2. The van der Waals surface area contributed by atoms with Crippen molar-refractivity contribution >= 4 is 11.6 Å². The molecule has 6 heteroatoms. The molecule has 0 bridgehead atoms. The van der Waals surface area contributed by atoms with Crippen LogP contribution in [-0.4, -0.2) is 46.5 Å². The fourth-order valence-electron chi connectivity index (χ4n) is 2.19. The lowest BCUT2D eigenvalue weighted by molar-refractivity contribution is 0.192. The van der Waals surface area contributed by atoms with Crippen molar-refractivity contribution in [2.24, 2.45) is 4.99 Å². The second kappa shape index (κ2) is 12.5. The van der Waals surface area contributed by atoms with E-state index in [1.165, 1.54) is 0 Å². The first kappa shape index (κ1) is 20.1. The minimum atomic E-state index is 0.607. The van der Waals surface area contributed by atoms with Crippen LogP contribution in [0.4, 0.5) is 5.69 Å². The summed E-state index contributed by atoms with van der Waals surface area (Å²) in [6.45, 7) is 7.02. The highest BCUT2D eigenvalue weighted by Gasteiger charge is 2.06. The Bertz CT molecular complexity index is 492.